The van der Waals surface area contributed by atoms with Crippen molar-refractivity contribution in [1.29, 1.82) is 5.26 Å². The summed E-state index contributed by atoms with van der Waals surface area (Å²) in [5.74, 6) is -0.870. The van der Waals surface area contributed by atoms with E-state index >= 15 is 0 Å². The molecular formula is C17H13ClN2O4. The Labute approximate surface area is 143 Å². The zero-order valence-electron chi connectivity index (χ0n) is 12.9. The minimum atomic E-state index is -1.14. The normalized spacial score (nSPS) is 11.0. The lowest BCUT2D eigenvalue weighted by Crippen LogP contribution is -2.22. The number of amides is 1. The molecule has 0 saturated carbocycles. The number of nitrogens with zero attached hydrogens (tertiary/aromatic N) is 2. The number of carboxylic acid groups (broad SMARTS) is 1. The van der Waals surface area contributed by atoms with E-state index in [1.54, 1.807) is 32.3 Å². The van der Waals surface area contributed by atoms with Gasteiger partial charge in [0.1, 0.15) is 23.2 Å². The molecule has 2 aromatic rings. The molecule has 0 spiro atoms. The molecule has 0 aliphatic carbocycles. The van der Waals surface area contributed by atoms with Crippen LogP contribution in [0.15, 0.2) is 40.3 Å². The number of carbonyl (C=O) groups excluding carboxylic acids is 1. The number of carbonyl (C=O) groups is 2. The first-order valence-corrected chi connectivity index (χ1v) is 7.17. The van der Waals surface area contributed by atoms with Crippen LogP contribution in [-0.4, -0.2) is 36.0 Å². The molecule has 0 bridgehead atoms. The van der Waals surface area contributed by atoms with Crippen LogP contribution in [0, 0.1) is 11.3 Å². The molecule has 2 rings (SSSR count). The molecule has 0 unspecified atom stereocenters. The number of likely N-dealkylation sites (N-methyl/N-ethyl adjacent to an activating group) is 1. The molecule has 1 heterocycles. The number of nitriles is 1. The van der Waals surface area contributed by atoms with Crippen LogP contribution >= 0.6 is 11.6 Å². The molecule has 24 heavy (non-hydrogen) atoms. The minimum Gasteiger partial charge on any atom is -0.478 e. The molecule has 0 fully saturated rings. The molecule has 0 saturated heterocycles. The lowest BCUT2D eigenvalue weighted by atomic mass is 10.1. The highest BCUT2D eigenvalue weighted by atomic mass is 35.5. The van der Waals surface area contributed by atoms with E-state index in [9.17, 15) is 9.59 Å². The number of hydrogen-bond donors (Lipinski definition) is 1. The highest BCUT2D eigenvalue weighted by Crippen LogP contribution is 2.27. The van der Waals surface area contributed by atoms with Crippen molar-refractivity contribution in [2.75, 3.05) is 14.1 Å². The van der Waals surface area contributed by atoms with Crippen LogP contribution < -0.4 is 0 Å². The molecule has 0 radical (unpaired) electrons. The van der Waals surface area contributed by atoms with E-state index in [2.05, 4.69) is 0 Å². The Morgan fingerprint density at radius 3 is 2.58 bits per heavy atom. The molecule has 122 valence electrons. The largest absolute Gasteiger partial charge is 0.478 e. The molecule has 0 aliphatic heterocycles. The smallest absolute Gasteiger partial charge is 0.337 e. The first kappa shape index (κ1) is 17.3. The van der Waals surface area contributed by atoms with Crippen molar-refractivity contribution >= 4 is 29.6 Å². The van der Waals surface area contributed by atoms with Crippen molar-refractivity contribution < 1.29 is 19.1 Å². The zero-order valence-corrected chi connectivity index (χ0v) is 13.7. The second-order valence-electron chi connectivity index (χ2n) is 5.07. The van der Waals surface area contributed by atoms with E-state index in [0.29, 0.717) is 17.1 Å². The Morgan fingerprint density at radius 1 is 1.29 bits per heavy atom. The van der Waals surface area contributed by atoms with E-state index in [1.807, 2.05) is 6.07 Å². The van der Waals surface area contributed by atoms with Crippen LogP contribution in [0.5, 0.6) is 0 Å². The third kappa shape index (κ3) is 3.65. The lowest BCUT2D eigenvalue weighted by Gasteiger charge is -2.07. The molecule has 1 amide bonds. The standard InChI is InChI=1S/C17H13ClN2O4/c1-20(2)16(21)11(9-19)7-12-4-6-15(24-12)10-3-5-14(18)13(8-10)17(22)23/h3-8H,1-2H3,(H,22,23)/b11-7+. The molecule has 6 nitrogen and oxygen atoms in total. The monoisotopic (exact) mass is 344 g/mol. The summed E-state index contributed by atoms with van der Waals surface area (Å²) in [5.41, 5.74) is 0.417. The molecule has 0 atom stereocenters. The quantitative estimate of drug-likeness (QED) is 0.678. The summed E-state index contributed by atoms with van der Waals surface area (Å²) >= 11 is 5.84. The Kier molecular flexibility index (Phi) is 5.07. The SMILES string of the molecule is CN(C)C(=O)/C(C#N)=C/c1ccc(-c2ccc(Cl)c(C(=O)O)c2)o1. The molecular weight excluding hydrogens is 332 g/mol. The van der Waals surface area contributed by atoms with Gasteiger partial charge in [-0.1, -0.05) is 11.6 Å². The Balaban J connectivity index is 2.38. The van der Waals surface area contributed by atoms with Crippen molar-refractivity contribution in [1.82, 2.24) is 4.90 Å². The fourth-order valence-electron chi connectivity index (χ4n) is 1.95. The summed E-state index contributed by atoms with van der Waals surface area (Å²) < 4.78 is 5.57. The summed E-state index contributed by atoms with van der Waals surface area (Å²) in [5, 5.41) is 18.3. The number of carboxylic acids is 1. The van der Waals surface area contributed by atoms with Gasteiger partial charge in [0.05, 0.1) is 10.6 Å². The van der Waals surface area contributed by atoms with E-state index in [0.717, 1.165) is 0 Å². The second-order valence-corrected chi connectivity index (χ2v) is 5.48. The Morgan fingerprint density at radius 2 is 2.00 bits per heavy atom. The number of aromatic carboxylic acids is 1. The van der Waals surface area contributed by atoms with Gasteiger partial charge in [-0.15, -0.1) is 0 Å². The van der Waals surface area contributed by atoms with Gasteiger partial charge in [-0.25, -0.2) is 4.79 Å². The molecule has 1 aromatic heterocycles. The maximum Gasteiger partial charge on any atom is 0.337 e. The van der Waals surface area contributed by atoms with Crippen LogP contribution in [0.1, 0.15) is 16.1 Å². The fraction of sp³-hybridized carbons (Fsp3) is 0.118. The average Bonchev–Trinajstić information content (AvgIpc) is 3.00. The summed E-state index contributed by atoms with van der Waals surface area (Å²) in [4.78, 5) is 24.2. The Hall–Kier alpha value is -3.04. The summed E-state index contributed by atoms with van der Waals surface area (Å²) in [7, 11) is 3.09. The molecule has 0 aliphatic rings. The van der Waals surface area contributed by atoms with Crippen molar-refractivity contribution in [2.45, 2.75) is 0 Å². The fourth-order valence-corrected chi connectivity index (χ4v) is 2.15. The van der Waals surface area contributed by atoms with Gasteiger partial charge in [-0.05, 0) is 30.3 Å². The first-order chi connectivity index (χ1) is 11.3. The number of rotatable bonds is 4. The zero-order chi connectivity index (χ0) is 17.9. The summed E-state index contributed by atoms with van der Waals surface area (Å²) in [6, 6.07) is 9.52. The van der Waals surface area contributed by atoms with Gasteiger partial charge in [0.25, 0.3) is 5.91 Å². The number of furan rings is 1. The van der Waals surface area contributed by atoms with Gasteiger partial charge < -0.3 is 14.4 Å². The van der Waals surface area contributed by atoms with Gasteiger partial charge in [0.2, 0.25) is 0 Å². The number of halogens is 1. The van der Waals surface area contributed by atoms with Gasteiger partial charge in [-0.3, -0.25) is 4.79 Å². The van der Waals surface area contributed by atoms with E-state index in [4.69, 9.17) is 26.4 Å². The van der Waals surface area contributed by atoms with Gasteiger partial charge in [0.15, 0.2) is 0 Å². The predicted molar refractivity (Wildman–Crippen MR) is 88.4 cm³/mol. The highest BCUT2D eigenvalue weighted by molar-refractivity contribution is 6.33. The second kappa shape index (κ2) is 7.02. The van der Waals surface area contributed by atoms with E-state index in [1.165, 1.54) is 23.1 Å². The molecule has 1 aromatic carbocycles. The van der Waals surface area contributed by atoms with Gasteiger partial charge in [0, 0.05) is 25.7 Å². The average molecular weight is 345 g/mol. The Bertz CT molecular complexity index is 875. The van der Waals surface area contributed by atoms with Gasteiger partial charge >= 0.3 is 5.97 Å². The van der Waals surface area contributed by atoms with E-state index < -0.39 is 11.9 Å². The van der Waals surface area contributed by atoms with Crippen molar-refractivity contribution in [3.05, 3.63) is 52.3 Å². The first-order valence-electron chi connectivity index (χ1n) is 6.80. The third-order valence-corrected chi connectivity index (χ3v) is 3.48. The number of benzene rings is 1. The van der Waals surface area contributed by atoms with Crippen LogP contribution in [-0.2, 0) is 4.79 Å². The van der Waals surface area contributed by atoms with Crippen LogP contribution in [0.25, 0.3) is 17.4 Å². The molecule has 7 heteroatoms. The predicted octanol–water partition coefficient (Wildman–Crippen LogP) is 3.29. The lowest BCUT2D eigenvalue weighted by molar-refractivity contribution is -0.124. The van der Waals surface area contributed by atoms with Crippen molar-refractivity contribution in [2.24, 2.45) is 0 Å². The van der Waals surface area contributed by atoms with Crippen molar-refractivity contribution in [3.8, 4) is 17.4 Å². The third-order valence-electron chi connectivity index (χ3n) is 3.15. The minimum absolute atomic E-state index is 0.0387. The summed E-state index contributed by atoms with van der Waals surface area (Å²) in [6.07, 6.45) is 1.33. The van der Waals surface area contributed by atoms with Crippen LogP contribution in [0.2, 0.25) is 5.02 Å². The summed E-state index contributed by atoms with van der Waals surface area (Å²) in [6.45, 7) is 0. The van der Waals surface area contributed by atoms with Crippen LogP contribution in [0.3, 0.4) is 0 Å². The maximum absolute atomic E-state index is 11.8. The molecule has 1 N–H and O–H groups in total. The maximum atomic E-state index is 11.8. The van der Waals surface area contributed by atoms with Gasteiger partial charge in [-0.2, -0.15) is 5.26 Å². The number of hydrogen-bond acceptors (Lipinski definition) is 4. The highest BCUT2D eigenvalue weighted by Gasteiger charge is 2.14. The van der Waals surface area contributed by atoms with Crippen LogP contribution in [0.4, 0.5) is 0 Å². The van der Waals surface area contributed by atoms with Crippen molar-refractivity contribution in [3.63, 3.8) is 0 Å². The topological polar surface area (TPSA) is 94.5 Å². The van der Waals surface area contributed by atoms with E-state index in [-0.39, 0.29) is 16.2 Å².